The lowest BCUT2D eigenvalue weighted by atomic mass is 10.1. The van der Waals surface area contributed by atoms with E-state index in [1.807, 2.05) is 26.0 Å². The molecule has 8 heteroatoms. The molecular weight excluding hydrogens is 475 g/mol. The number of hydrogen-bond donors (Lipinski definition) is 1. The number of carbonyl (C=O) groups is 1. The van der Waals surface area contributed by atoms with Crippen molar-refractivity contribution in [3.8, 4) is 0 Å². The number of aryl methyl sites for hydroxylation is 2. The highest BCUT2D eigenvalue weighted by Crippen LogP contribution is 2.40. The minimum atomic E-state index is -0.470. The van der Waals surface area contributed by atoms with Crippen molar-refractivity contribution in [2.24, 2.45) is 0 Å². The number of amides is 1. The molecule has 0 aliphatic heterocycles. The summed E-state index contributed by atoms with van der Waals surface area (Å²) in [4.78, 5) is 23.6. The van der Waals surface area contributed by atoms with Gasteiger partial charge in [0.25, 0.3) is 11.6 Å². The number of carbonyl (C=O) groups excluding carboxylic acids is 1. The minimum Gasteiger partial charge on any atom is -0.321 e. The molecule has 0 aliphatic carbocycles. The molecule has 5 nitrogen and oxygen atoms in total. The van der Waals surface area contributed by atoms with Crippen molar-refractivity contribution in [1.82, 2.24) is 0 Å². The van der Waals surface area contributed by atoms with Crippen LogP contribution < -0.4 is 5.32 Å². The number of thiophene rings is 1. The first-order chi connectivity index (χ1) is 11.8. The van der Waals surface area contributed by atoms with Gasteiger partial charge in [0, 0.05) is 20.7 Å². The molecule has 1 aromatic heterocycles. The molecular formula is C17H12ClIN2O3S. The fraction of sp³-hybridized carbons (Fsp3) is 0.118. The maximum Gasteiger partial charge on any atom is 0.287 e. The zero-order chi connectivity index (χ0) is 18.3. The Morgan fingerprint density at radius 1 is 1.28 bits per heavy atom. The van der Waals surface area contributed by atoms with Gasteiger partial charge in [-0.05, 0) is 59.7 Å². The van der Waals surface area contributed by atoms with Crippen LogP contribution >= 0.6 is 45.5 Å². The summed E-state index contributed by atoms with van der Waals surface area (Å²) in [5.74, 6) is -0.375. The first kappa shape index (κ1) is 18.1. The Hall–Kier alpha value is -1.71. The summed E-state index contributed by atoms with van der Waals surface area (Å²) >= 11 is 9.60. The number of nitrogens with one attached hydrogen (secondary N) is 1. The van der Waals surface area contributed by atoms with Crippen LogP contribution in [0.3, 0.4) is 0 Å². The third-order valence-electron chi connectivity index (χ3n) is 3.73. The normalized spacial score (nSPS) is 10.9. The van der Waals surface area contributed by atoms with Crippen molar-refractivity contribution in [3.63, 3.8) is 0 Å². The molecule has 128 valence electrons. The number of non-ortho nitro benzene ring substituents is 1. The Kier molecular flexibility index (Phi) is 4.99. The topological polar surface area (TPSA) is 72.2 Å². The van der Waals surface area contributed by atoms with Crippen LogP contribution in [0.25, 0.3) is 10.1 Å². The van der Waals surface area contributed by atoms with E-state index in [-0.39, 0.29) is 21.5 Å². The van der Waals surface area contributed by atoms with Gasteiger partial charge < -0.3 is 5.32 Å². The fourth-order valence-electron chi connectivity index (χ4n) is 2.57. The molecule has 0 fully saturated rings. The highest BCUT2D eigenvalue weighted by molar-refractivity contribution is 14.1. The Labute approximate surface area is 166 Å². The number of benzene rings is 2. The average Bonchev–Trinajstić information content (AvgIpc) is 2.89. The van der Waals surface area contributed by atoms with E-state index in [4.69, 9.17) is 11.6 Å². The Morgan fingerprint density at radius 3 is 2.52 bits per heavy atom. The van der Waals surface area contributed by atoms with Gasteiger partial charge in [-0.1, -0.05) is 23.7 Å². The highest BCUT2D eigenvalue weighted by atomic mass is 127. The van der Waals surface area contributed by atoms with Crippen LogP contribution in [0.2, 0.25) is 5.02 Å². The number of halogens is 2. The molecule has 0 unspecified atom stereocenters. The predicted molar refractivity (Wildman–Crippen MR) is 110 cm³/mol. The molecule has 0 spiro atoms. The molecule has 0 radical (unpaired) electrons. The standard InChI is InChI=1S/C17H12ClIN2O3S/c1-8-6-10(7-9(2)14(8)19)20-17(22)16-13(18)11-4-3-5-12(21(23)24)15(11)25-16/h3-7H,1-2H3,(H,20,22). The summed E-state index contributed by atoms with van der Waals surface area (Å²) in [6.07, 6.45) is 0. The van der Waals surface area contributed by atoms with E-state index in [1.54, 1.807) is 12.1 Å². The van der Waals surface area contributed by atoms with Gasteiger partial charge in [0.1, 0.15) is 9.58 Å². The molecule has 0 saturated carbocycles. The first-order valence-electron chi connectivity index (χ1n) is 7.23. The molecule has 0 aliphatic rings. The first-order valence-corrected chi connectivity index (χ1v) is 9.50. The molecule has 3 rings (SSSR count). The lowest BCUT2D eigenvalue weighted by Crippen LogP contribution is -2.11. The molecule has 0 atom stereocenters. The smallest absolute Gasteiger partial charge is 0.287 e. The molecule has 2 aromatic carbocycles. The van der Waals surface area contributed by atoms with E-state index in [2.05, 4.69) is 27.9 Å². The largest absolute Gasteiger partial charge is 0.321 e. The SMILES string of the molecule is Cc1cc(NC(=O)c2sc3c([N+](=O)[O-])cccc3c2Cl)cc(C)c1I. The van der Waals surface area contributed by atoms with Crippen molar-refractivity contribution in [3.05, 3.63) is 65.0 Å². The summed E-state index contributed by atoms with van der Waals surface area (Å²) in [7, 11) is 0. The van der Waals surface area contributed by atoms with Crippen LogP contribution in [0.1, 0.15) is 20.8 Å². The molecule has 1 amide bonds. The second-order valence-corrected chi connectivity index (χ2v) is 8.01. The van der Waals surface area contributed by atoms with Gasteiger partial charge in [0.2, 0.25) is 0 Å². The van der Waals surface area contributed by atoms with E-state index < -0.39 is 4.92 Å². The number of nitrogens with zero attached hydrogens (tertiary/aromatic N) is 1. The summed E-state index contributed by atoms with van der Waals surface area (Å²) < 4.78 is 1.55. The molecule has 0 bridgehead atoms. The molecule has 25 heavy (non-hydrogen) atoms. The van der Waals surface area contributed by atoms with Gasteiger partial charge in [-0.15, -0.1) is 11.3 Å². The lowest BCUT2D eigenvalue weighted by molar-refractivity contribution is -0.382. The number of nitro benzene ring substituents is 1. The van der Waals surface area contributed by atoms with Gasteiger partial charge in [0.15, 0.2) is 0 Å². The molecule has 1 heterocycles. The summed E-state index contributed by atoms with van der Waals surface area (Å²) in [5, 5.41) is 14.8. The zero-order valence-electron chi connectivity index (χ0n) is 13.2. The summed E-state index contributed by atoms with van der Waals surface area (Å²) in [6.45, 7) is 3.94. The van der Waals surface area contributed by atoms with Crippen molar-refractivity contribution >= 4 is 72.9 Å². The second-order valence-electron chi connectivity index (χ2n) is 5.53. The van der Waals surface area contributed by atoms with Crippen molar-refractivity contribution in [2.45, 2.75) is 13.8 Å². The van der Waals surface area contributed by atoms with Gasteiger partial charge in [0.05, 0.1) is 9.95 Å². The van der Waals surface area contributed by atoms with Gasteiger partial charge in [-0.3, -0.25) is 14.9 Å². The van der Waals surface area contributed by atoms with Crippen LogP contribution in [-0.2, 0) is 0 Å². The quantitative estimate of drug-likeness (QED) is 0.283. The van der Waals surface area contributed by atoms with Gasteiger partial charge in [-0.25, -0.2) is 0 Å². The lowest BCUT2D eigenvalue weighted by Gasteiger charge is -2.09. The van der Waals surface area contributed by atoms with Gasteiger partial charge >= 0.3 is 0 Å². The van der Waals surface area contributed by atoms with E-state index in [9.17, 15) is 14.9 Å². The van der Waals surface area contributed by atoms with E-state index in [0.717, 1.165) is 26.0 Å². The predicted octanol–water partition coefficient (Wildman–Crippen LogP) is 5.94. The van der Waals surface area contributed by atoms with Crippen LogP contribution in [-0.4, -0.2) is 10.8 Å². The zero-order valence-corrected chi connectivity index (χ0v) is 17.0. The van der Waals surface area contributed by atoms with Crippen LogP contribution in [0.15, 0.2) is 30.3 Å². The van der Waals surface area contributed by atoms with Crippen molar-refractivity contribution in [1.29, 1.82) is 0 Å². The van der Waals surface area contributed by atoms with E-state index in [1.165, 1.54) is 6.07 Å². The molecule has 3 aromatic rings. The van der Waals surface area contributed by atoms with Crippen LogP contribution in [0.4, 0.5) is 11.4 Å². The third kappa shape index (κ3) is 3.36. The Morgan fingerprint density at radius 2 is 1.92 bits per heavy atom. The Balaban J connectivity index is 2.02. The molecule has 1 N–H and O–H groups in total. The highest BCUT2D eigenvalue weighted by Gasteiger charge is 2.23. The number of anilines is 1. The maximum absolute atomic E-state index is 12.6. The minimum absolute atomic E-state index is 0.0515. The third-order valence-corrected chi connectivity index (χ3v) is 7.16. The monoisotopic (exact) mass is 486 g/mol. The van der Waals surface area contributed by atoms with Crippen LogP contribution in [0, 0.1) is 27.5 Å². The van der Waals surface area contributed by atoms with Crippen molar-refractivity contribution < 1.29 is 9.72 Å². The van der Waals surface area contributed by atoms with E-state index >= 15 is 0 Å². The summed E-state index contributed by atoms with van der Waals surface area (Å²) in [5.41, 5.74) is 2.75. The maximum atomic E-state index is 12.6. The average molecular weight is 487 g/mol. The number of rotatable bonds is 3. The Bertz CT molecular complexity index is 1010. The number of hydrogen-bond acceptors (Lipinski definition) is 4. The second kappa shape index (κ2) is 6.89. The fourth-order valence-corrected chi connectivity index (χ4v) is 4.37. The van der Waals surface area contributed by atoms with Gasteiger partial charge in [-0.2, -0.15) is 0 Å². The van der Waals surface area contributed by atoms with E-state index in [0.29, 0.717) is 15.8 Å². The van der Waals surface area contributed by atoms with Crippen LogP contribution in [0.5, 0.6) is 0 Å². The van der Waals surface area contributed by atoms with Crippen molar-refractivity contribution in [2.75, 3.05) is 5.32 Å². The molecule has 0 saturated heterocycles. The number of nitro groups is 1. The number of fused-ring (bicyclic) bond motifs is 1. The summed E-state index contributed by atoms with van der Waals surface area (Å²) in [6, 6.07) is 8.42.